The standard InChI is InChI=1S/C13H20N2O4/c14-10-11(15)13(17)19-9(6-16)12(10)18-7-8-4-2-1-3-5-8/h1-5,9-13,16-17H,6-7,14-15H2. The lowest BCUT2D eigenvalue weighted by Crippen LogP contribution is -2.65. The average molecular weight is 268 g/mol. The van der Waals surface area contributed by atoms with Crippen LogP contribution in [0.1, 0.15) is 5.56 Å². The Hall–Kier alpha value is -1.02. The van der Waals surface area contributed by atoms with Crippen molar-refractivity contribution in [2.75, 3.05) is 6.61 Å². The van der Waals surface area contributed by atoms with Crippen LogP contribution in [0.5, 0.6) is 0 Å². The van der Waals surface area contributed by atoms with E-state index in [0.717, 1.165) is 5.56 Å². The Kier molecular flexibility index (Phi) is 4.87. The lowest BCUT2D eigenvalue weighted by Gasteiger charge is -2.41. The number of hydrogen-bond donors (Lipinski definition) is 4. The zero-order valence-electron chi connectivity index (χ0n) is 10.6. The van der Waals surface area contributed by atoms with Crippen LogP contribution in [0.15, 0.2) is 30.3 Å². The van der Waals surface area contributed by atoms with Crippen LogP contribution < -0.4 is 11.5 Å². The first-order chi connectivity index (χ1) is 9.13. The van der Waals surface area contributed by atoms with Gasteiger partial charge in [-0.2, -0.15) is 0 Å². The highest BCUT2D eigenvalue weighted by atomic mass is 16.6. The Bertz CT molecular complexity index is 387. The van der Waals surface area contributed by atoms with Gasteiger partial charge in [-0.15, -0.1) is 0 Å². The molecule has 19 heavy (non-hydrogen) atoms. The van der Waals surface area contributed by atoms with Crippen LogP contribution in [0.25, 0.3) is 0 Å². The van der Waals surface area contributed by atoms with Gasteiger partial charge >= 0.3 is 0 Å². The minimum absolute atomic E-state index is 0.281. The Morgan fingerprint density at radius 1 is 1.16 bits per heavy atom. The van der Waals surface area contributed by atoms with Crippen LogP contribution in [-0.4, -0.2) is 47.4 Å². The van der Waals surface area contributed by atoms with Crippen molar-refractivity contribution in [1.29, 1.82) is 0 Å². The number of benzene rings is 1. The van der Waals surface area contributed by atoms with Gasteiger partial charge in [-0.3, -0.25) is 0 Å². The summed E-state index contributed by atoms with van der Waals surface area (Å²) in [5.74, 6) is 0. The highest BCUT2D eigenvalue weighted by Gasteiger charge is 2.42. The lowest BCUT2D eigenvalue weighted by molar-refractivity contribution is -0.233. The molecule has 6 N–H and O–H groups in total. The molecule has 106 valence electrons. The molecule has 2 rings (SSSR count). The van der Waals surface area contributed by atoms with Crippen molar-refractivity contribution in [1.82, 2.24) is 0 Å². The third-order valence-corrected chi connectivity index (χ3v) is 3.30. The molecule has 1 saturated heterocycles. The zero-order chi connectivity index (χ0) is 13.8. The minimum Gasteiger partial charge on any atom is -0.394 e. The molecule has 1 aromatic carbocycles. The second-order valence-electron chi connectivity index (χ2n) is 4.66. The van der Waals surface area contributed by atoms with Crippen LogP contribution in [0, 0.1) is 0 Å². The van der Waals surface area contributed by atoms with Gasteiger partial charge in [0.25, 0.3) is 0 Å². The van der Waals surface area contributed by atoms with E-state index in [2.05, 4.69) is 0 Å². The SMILES string of the molecule is NC1C(O)OC(CO)C(OCc2ccccc2)C1N. The molecule has 5 unspecified atom stereocenters. The quantitative estimate of drug-likeness (QED) is 0.554. The molecule has 1 fully saturated rings. The Balaban J connectivity index is 2.00. The van der Waals surface area contributed by atoms with Crippen molar-refractivity contribution in [2.24, 2.45) is 11.5 Å². The first-order valence-electron chi connectivity index (χ1n) is 6.24. The van der Waals surface area contributed by atoms with Gasteiger partial charge in [0.05, 0.1) is 25.3 Å². The fourth-order valence-corrected chi connectivity index (χ4v) is 2.14. The van der Waals surface area contributed by atoms with E-state index in [1.165, 1.54) is 0 Å². The molecule has 0 aliphatic carbocycles. The maximum Gasteiger partial charge on any atom is 0.171 e. The first-order valence-corrected chi connectivity index (χ1v) is 6.24. The minimum atomic E-state index is -1.18. The fraction of sp³-hybridized carbons (Fsp3) is 0.538. The number of aliphatic hydroxyl groups excluding tert-OH is 2. The van der Waals surface area contributed by atoms with Gasteiger partial charge in [0.2, 0.25) is 0 Å². The Morgan fingerprint density at radius 3 is 2.47 bits per heavy atom. The number of rotatable bonds is 4. The van der Waals surface area contributed by atoms with Gasteiger partial charge in [0.15, 0.2) is 6.29 Å². The van der Waals surface area contributed by atoms with E-state index in [-0.39, 0.29) is 6.61 Å². The largest absolute Gasteiger partial charge is 0.394 e. The van der Waals surface area contributed by atoms with E-state index in [0.29, 0.717) is 6.61 Å². The van der Waals surface area contributed by atoms with Crippen molar-refractivity contribution in [3.63, 3.8) is 0 Å². The summed E-state index contributed by atoms with van der Waals surface area (Å²) in [5.41, 5.74) is 12.7. The monoisotopic (exact) mass is 268 g/mol. The molecule has 1 heterocycles. The van der Waals surface area contributed by atoms with Crippen LogP contribution in [-0.2, 0) is 16.1 Å². The van der Waals surface area contributed by atoms with Gasteiger partial charge in [0, 0.05) is 0 Å². The summed E-state index contributed by atoms with van der Waals surface area (Å²) in [4.78, 5) is 0. The number of ether oxygens (including phenoxy) is 2. The van der Waals surface area contributed by atoms with Crippen LogP contribution in [0.4, 0.5) is 0 Å². The Labute approximate surface area is 111 Å². The van der Waals surface area contributed by atoms with E-state index >= 15 is 0 Å². The molecule has 0 amide bonds. The molecule has 0 spiro atoms. The van der Waals surface area contributed by atoms with Gasteiger partial charge in [-0.25, -0.2) is 0 Å². The van der Waals surface area contributed by atoms with E-state index in [1.54, 1.807) is 0 Å². The molecule has 0 aromatic heterocycles. The molecule has 0 saturated carbocycles. The summed E-state index contributed by atoms with van der Waals surface area (Å²) in [6, 6.07) is 8.27. The number of aliphatic hydroxyl groups is 2. The maximum atomic E-state index is 9.56. The van der Waals surface area contributed by atoms with E-state index in [4.69, 9.17) is 20.9 Å². The first kappa shape index (κ1) is 14.4. The number of nitrogens with two attached hydrogens (primary N) is 2. The fourth-order valence-electron chi connectivity index (χ4n) is 2.14. The van der Waals surface area contributed by atoms with Gasteiger partial charge in [-0.1, -0.05) is 30.3 Å². The van der Waals surface area contributed by atoms with Crippen molar-refractivity contribution < 1.29 is 19.7 Å². The zero-order valence-corrected chi connectivity index (χ0v) is 10.6. The van der Waals surface area contributed by atoms with E-state index < -0.39 is 30.6 Å². The highest BCUT2D eigenvalue weighted by Crippen LogP contribution is 2.21. The van der Waals surface area contributed by atoms with Crippen molar-refractivity contribution in [3.05, 3.63) is 35.9 Å². The highest BCUT2D eigenvalue weighted by molar-refractivity contribution is 5.13. The summed E-state index contributed by atoms with van der Waals surface area (Å²) < 4.78 is 10.9. The van der Waals surface area contributed by atoms with Crippen LogP contribution in [0.2, 0.25) is 0 Å². The second-order valence-corrected chi connectivity index (χ2v) is 4.66. The van der Waals surface area contributed by atoms with Gasteiger partial charge in [-0.05, 0) is 5.56 Å². The average Bonchev–Trinajstić information content (AvgIpc) is 2.44. The maximum absolute atomic E-state index is 9.56. The normalized spacial score (nSPS) is 35.3. The topological polar surface area (TPSA) is 111 Å². The van der Waals surface area contributed by atoms with Crippen molar-refractivity contribution in [2.45, 2.75) is 37.2 Å². The molecule has 1 aromatic rings. The van der Waals surface area contributed by atoms with Crippen LogP contribution >= 0.6 is 0 Å². The molecule has 6 nitrogen and oxygen atoms in total. The predicted molar refractivity (Wildman–Crippen MR) is 68.9 cm³/mol. The molecule has 1 aliphatic rings. The third-order valence-electron chi connectivity index (χ3n) is 3.30. The molecule has 1 aliphatic heterocycles. The number of hydrogen-bond acceptors (Lipinski definition) is 6. The van der Waals surface area contributed by atoms with Gasteiger partial charge < -0.3 is 31.2 Å². The van der Waals surface area contributed by atoms with Crippen molar-refractivity contribution in [3.8, 4) is 0 Å². The molecule has 0 bridgehead atoms. The summed E-state index contributed by atoms with van der Waals surface area (Å²) in [5, 5.41) is 18.8. The molecule has 0 radical (unpaired) electrons. The van der Waals surface area contributed by atoms with Gasteiger partial charge in [0.1, 0.15) is 12.2 Å². The molecule has 6 heteroatoms. The second kappa shape index (κ2) is 6.42. The summed E-state index contributed by atoms with van der Waals surface area (Å²) in [7, 11) is 0. The lowest BCUT2D eigenvalue weighted by atomic mass is 9.95. The summed E-state index contributed by atoms with van der Waals surface area (Å²) in [6.45, 7) is 0.0683. The summed E-state index contributed by atoms with van der Waals surface area (Å²) in [6.07, 6.45) is -2.40. The third kappa shape index (κ3) is 3.30. The predicted octanol–water partition coefficient (Wildman–Crippen LogP) is -1.06. The van der Waals surface area contributed by atoms with E-state index in [1.807, 2.05) is 30.3 Å². The van der Waals surface area contributed by atoms with Crippen LogP contribution in [0.3, 0.4) is 0 Å². The molecular formula is C13H20N2O4. The van der Waals surface area contributed by atoms with E-state index in [9.17, 15) is 10.2 Å². The molecular weight excluding hydrogens is 248 g/mol. The smallest absolute Gasteiger partial charge is 0.171 e. The Morgan fingerprint density at radius 2 is 1.84 bits per heavy atom. The summed E-state index contributed by atoms with van der Waals surface area (Å²) >= 11 is 0. The molecule has 5 atom stereocenters. The van der Waals surface area contributed by atoms with Crippen molar-refractivity contribution >= 4 is 0 Å².